The van der Waals surface area contributed by atoms with E-state index in [-0.39, 0.29) is 24.0 Å². The number of hydrogen-bond acceptors (Lipinski definition) is 6. The molecule has 0 amide bonds. The number of fused-ring (bicyclic) bond motifs is 1. The quantitative estimate of drug-likeness (QED) is 0.873. The second-order valence-electron chi connectivity index (χ2n) is 8.09. The van der Waals surface area contributed by atoms with Crippen molar-refractivity contribution in [1.82, 2.24) is 25.2 Å². The summed E-state index contributed by atoms with van der Waals surface area (Å²) in [5.41, 5.74) is 1.99. The summed E-state index contributed by atoms with van der Waals surface area (Å²) < 4.78 is 7.32. The maximum Gasteiger partial charge on any atom is 0.140 e. The number of para-hydroxylation sites is 1. The first-order valence-corrected chi connectivity index (χ1v) is 10.4. The van der Waals surface area contributed by atoms with Crippen LogP contribution in [0.1, 0.15) is 37.3 Å². The highest BCUT2D eigenvalue weighted by Crippen LogP contribution is 2.39. The maximum atomic E-state index is 12.9. The van der Waals surface area contributed by atoms with Crippen molar-refractivity contribution in [2.24, 2.45) is 5.92 Å². The number of Topliss-reactive ketones (excluding diaryl/α,β-unsaturated/α-hetero) is 1. The molecule has 0 spiro atoms. The van der Waals surface area contributed by atoms with Crippen molar-refractivity contribution in [2.75, 3.05) is 26.3 Å². The molecule has 4 atom stereocenters. The highest BCUT2D eigenvalue weighted by atomic mass is 16.5. The van der Waals surface area contributed by atoms with Crippen LogP contribution in [0.15, 0.2) is 36.5 Å². The minimum Gasteiger partial charge on any atom is -0.379 e. The molecule has 2 saturated heterocycles. The Morgan fingerprint density at radius 1 is 1.07 bits per heavy atom. The number of nitrogens with zero attached hydrogens (tertiary/aromatic N) is 4. The van der Waals surface area contributed by atoms with Gasteiger partial charge in [-0.1, -0.05) is 29.8 Å². The highest BCUT2D eigenvalue weighted by Gasteiger charge is 2.45. The molecule has 1 aromatic heterocycles. The van der Waals surface area contributed by atoms with Crippen molar-refractivity contribution in [2.45, 2.75) is 43.8 Å². The van der Waals surface area contributed by atoms with Crippen LogP contribution >= 0.6 is 0 Å². The Morgan fingerprint density at radius 3 is 2.68 bits per heavy atom. The fourth-order valence-electron chi connectivity index (χ4n) is 5.02. The van der Waals surface area contributed by atoms with Gasteiger partial charge in [0.05, 0.1) is 37.0 Å². The van der Waals surface area contributed by atoms with E-state index in [1.165, 1.54) is 0 Å². The highest BCUT2D eigenvalue weighted by molar-refractivity contribution is 5.83. The number of carbonyl (C=O) groups is 1. The molecule has 1 saturated carbocycles. The van der Waals surface area contributed by atoms with E-state index in [1.54, 1.807) is 0 Å². The molecule has 2 aliphatic heterocycles. The van der Waals surface area contributed by atoms with E-state index in [2.05, 4.69) is 20.5 Å². The number of ketones is 1. The third-order valence-corrected chi connectivity index (χ3v) is 6.49. The lowest BCUT2D eigenvalue weighted by Crippen LogP contribution is -2.62. The van der Waals surface area contributed by atoms with Crippen LogP contribution in [0.4, 0.5) is 0 Å². The average molecular weight is 381 g/mol. The lowest BCUT2D eigenvalue weighted by molar-refractivity contribution is -0.131. The average Bonchev–Trinajstić information content (AvgIpc) is 3.25. The van der Waals surface area contributed by atoms with Gasteiger partial charge in [0.25, 0.3) is 0 Å². The summed E-state index contributed by atoms with van der Waals surface area (Å²) in [6.45, 7) is 3.26. The SMILES string of the molecule is O=C1CC(N2CCOCC2)NC2C1CCCC2c1cn(-c2ccccc2)nn1. The van der Waals surface area contributed by atoms with Gasteiger partial charge in [-0.25, -0.2) is 4.68 Å². The van der Waals surface area contributed by atoms with E-state index in [9.17, 15) is 4.79 Å². The number of carbonyl (C=O) groups excluding carboxylic acids is 1. The predicted octanol–water partition coefficient (Wildman–Crippen LogP) is 1.74. The van der Waals surface area contributed by atoms with Gasteiger partial charge >= 0.3 is 0 Å². The molecule has 3 fully saturated rings. The van der Waals surface area contributed by atoms with Gasteiger partial charge in [-0.2, -0.15) is 0 Å². The van der Waals surface area contributed by atoms with Crippen LogP contribution in [0, 0.1) is 5.92 Å². The van der Waals surface area contributed by atoms with Crippen LogP contribution in [-0.2, 0) is 9.53 Å². The Hall–Kier alpha value is -2.09. The van der Waals surface area contributed by atoms with Crippen LogP contribution < -0.4 is 5.32 Å². The number of nitrogens with one attached hydrogen (secondary N) is 1. The molecular weight excluding hydrogens is 354 g/mol. The molecule has 3 aliphatic rings. The summed E-state index contributed by atoms with van der Waals surface area (Å²) in [7, 11) is 0. The molecule has 7 nitrogen and oxygen atoms in total. The summed E-state index contributed by atoms with van der Waals surface area (Å²) in [4.78, 5) is 15.3. The third kappa shape index (κ3) is 3.38. The number of aromatic nitrogens is 3. The molecule has 1 N–H and O–H groups in total. The van der Waals surface area contributed by atoms with Crippen LogP contribution in [0.5, 0.6) is 0 Å². The molecule has 0 radical (unpaired) electrons. The fraction of sp³-hybridized carbons (Fsp3) is 0.571. The first-order valence-electron chi connectivity index (χ1n) is 10.4. The predicted molar refractivity (Wildman–Crippen MR) is 104 cm³/mol. The van der Waals surface area contributed by atoms with E-state index in [0.29, 0.717) is 12.2 Å². The van der Waals surface area contributed by atoms with Crippen LogP contribution in [-0.4, -0.2) is 64.2 Å². The first kappa shape index (κ1) is 18.0. The van der Waals surface area contributed by atoms with Gasteiger partial charge < -0.3 is 4.74 Å². The van der Waals surface area contributed by atoms with Crippen LogP contribution in [0.2, 0.25) is 0 Å². The normalized spacial score (nSPS) is 31.5. The molecular formula is C21H27N5O2. The van der Waals surface area contributed by atoms with Gasteiger partial charge in [-0.15, -0.1) is 5.10 Å². The van der Waals surface area contributed by atoms with Crippen molar-refractivity contribution >= 4 is 5.78 Å². The smallest absolute Gasteiger partial charge is 0.140 e. The molecule has 3 heterocycles. The zero-order valence-corrected chi connectivity index (χ0v) is 16.0. The fourth-order valence-corrected chi connectivity index (χ4v) is 5.02. The van der Waals surface area contributed by atoms with Gasteiger partial charge in [0.1, 0.15) is 5.78 Å². The Labute approximate surface area is 165 Å². The lowest BCUT2D eigenvalue weighted by atomic mass is 9.71. The van der Waals surface area contributed by atoms with Gasteiger partial charge in [-0.3, -0.25) is 15.0 Å². The molecule has 4 unspecified atom stereocenters. The summed E-state index contributed by atoms with van der Waals surface area (Å²) in [6.07, 6.45) is 5.85. The van der Waals surface area contributed by atoms with Crippen LogP contribution in [0.25, 0.3) is 5.69 Å². The number of morpholine rings is 1. The van der Waals surface area contributed by atoms with E-state index >= 15 is 0 Å². The second-order valence-corrected chi connectivity index (χ2v) is 8.09. The first-order chi connectivity index (χ1) is 13.8. The second kappa shape index (κ2) is 7.73. The minimum absolute atomic E-state index is 0.0953. The largest absolute Gasteiger partial charge is 0.379 e. The van der Waals surface area contributed by atoms with Gasteiger partial charge in [0.2, 0.25) is 0 Å². The number of ether oxygens (including phenoxy) is 1. The monoisotopic (exact) mass is 381 g/mol. The molecule has 148 valence electrons. The van der Waals surface area contributed by atoms with Crippen molar-refractivity contribution in [1.29, 1.82) is 0 Å². The molecule has 28 heavy (non-hydrogen) atoms. The summed E-state index contributed by atoms with van der Waals surface area (Å²) in [5.74, 6) is 0.724. The van der Waals surface area contributed by atoms with E-state index in [0.717, 1.165) is 56.9 Å². The topological polar surface area (TPSA) is 72.3 Å². The third-order valence-electron chi connectivity index (χ3n) is 6.49. The molecule has 0 bridgehead atoms. The summed E-state index contributed by atoms with van der Waals surface area (Å²) in [5, 5.41) is 12.7. The Balaban J connectivity index is 1.38. The van der Waals surface area contributed by atoms with Crippen molar-refractivity contribution in [3.8, 4) is 5.69 Å². The Kier molecular flexibility index (Phi) is 4.96. The number of piperidine rings is 1. The van der Waals surface area contributed by atoms with Crippen LogP contribution in [0.3, 0.4) is 0 Å². The van der Waals surface area contributed by atoms with E-state index in [1.807, 2.05) is 41.2 Å². The standard InChI is InChI=1S/C21H27N5O2/c27-19-13-20(25-9-11-28-12-10-25)22-21-16(7-4-8-17(19)21)18-14-26(24-23-18)15-5-2-1-3-6-15/h1-3,5-6,14,16-17,20-22H,4,7-13H2. The molecule has 7 heteroatoms. The van der Waals surface area contributed by atoms with E-state index in [4.69, 9.17) is 4.74 Å². The Morgan fingerprint density at radius 2 is 1.86 bits per heavy atom. The van der Waals surface area contributed by atoms with Gasteiger partial charge in [0.15, 0.2) is 0 Å². The molecule has 1 aliphatic carbocycles. The zero-order valence-electron chi connectivity index (χ0n) is 16.0. The van der Waals surface area contributed by atoms with Crippen molar-refractivity contribution in [3.63, 3.8) is 0 Å². The van der Waals surface area contributed by atoms with Crippen molar-refractivity contribution in [3.05, 3.63) is 42.2 Å². The number of benzene rings is 1. The van der Waals surface area contributed by atoms with E-state index < -0.39 is 0 Å². The Bertz CT molecular complexity index is 817. The molecule has 5 rings (SSSR count). The summed E-state index contributed by atoms with van der Waals surface area (Å²) in [6, 6.07) is 10.2. The maximum absolute atomic E-state index is 12.9. The lowest BCUT2D eigenvalue weighted by Gasteiger charge is -2.47. The number of hydrogen-bond donors (Lipinski definition) is 1. The van der Waals surface area contributed by atoms with Gasteiger partial charge in [0, 0.05) is 37.4 Å². The molecule has 2 aromatic rings. The molecule has 1 aromatic carbocycles. The minimum atomic E-state index is 0.0953. The zero-order chi connectivity index (χ0) is 18.9. The van der Waals surface area contributed by atoms with Gasteiger partial charge in [-0.05, 0) is 25.0 Å². The summed E-state index contributed by atoms with van der Waals surface area (Å²) >= 11 is 0. The van der Waals surface area contributed by atoms with Crippen molar-refractivity contribution < 1.29 is 9.53 Å². The number of rotatable bonds is 3.